The number of fused-ring (bicyclic) bond motifs is 1. The molecule has 202 valence electrons. The van der Waals surface area contributed by atoms with Crippen LogP contribution in [0.4, 0.5) is 29.3 Å². The summed E-state index contributed by atoms with van der Waals surface area (Å²) < 4.78 is 40.4. The Morgan fingerprint density at radius 2 is 1.57 bits per heavy atom. The van der Waals surface area contributed by atoms with Gasteiger partial charge in [0.15, 0.2) is 5.88 Å². The number of carbonyl (C=O) groups excluding carboxylic acids is 2. The number of rotatable bonds is 6. The first-order valence-corrected chi connectivity index (χ1v) is 12.1. The maximum absolute atomic E-state index is 13.5. The van der Waals surface area contributed by atoms with E-state index in [1.807, 2.05) is 12.1 Å². The van der Waals surface area contributed by atoms with Gasteiger partial charge in [0.2, 0.25) is 5.91 Å². The summed E-state index contributed by atoms with van der Waals surface area (Å²) in [6, 6.07) is 21.4. The van der Waals surface area contributed by atoms with Crippen molar-refractivity contribution < 1.29 is 27.9 Å². The molecule has 0 bridgehead atoms. The Morgan fingerprint density at radius 3 is 2.30 bits per heavy atom. The predicted octanol–water partition coefficient (Wildman–Crippen LogP) is 6.90. The second-order valence-corrected chi connectivity index (χ2v) is 9.16. The Hall–Kier alpha value is -5.25. The third kappa shape index (κ3) is 5.60. The lowest BCUT2D eigenvalue weighted by Crippen LogP contribution is -2.20. The molecule has 0 saturated heterocycles. The zero-order valence-electron chi connectivity index (χ0n) is 20.8. The van der Waals surface area contributed by atoms with Gasteiger partial charge in [-0.1, -0.05) is 54.6 Å². The van der Waals surface area contributed by atoms with E-state index in [0.717, 1.165) is 28.6 Å². The number of hydrogen-bond donors (Lipinski definition) is 5. The highest BCUT2D eigenvalue weighted by Gasteiger charge is 2.31. The van der Waals surface area contributed by atoms with Crippen LogP contribution in [0.2, 0.25) is 0 Å². The van der Waals surface area contributed by atoms with Crippen LogP contribution in [0, 0.1) is 0 Å². The number of carbonyl (C=O) groups is 2. The van der Waals surface area contributed by atoms with Crippen molar-refractivity contribution in [1.82, 2.24) is 4.98 Å². The summed E-state index contributed by atoms with van der Waals surface area (Å²) >= 11 is 0. The van der Waals surface area contributed by atoms with E-state index >= 15 is 0 Å². The highest BCUT2D eigenvalue weighted by Crippen LogP contribution is 2.37. The number of benzene rings is 4. The number of aromatic nitrogens is 1. The molecular weight excluding hydrogens is 521 g/mol. The van der Waals surface area contributed by atoms with Crippen LogP contribution in [0.3, 0.4) is 0 Å². The van der Waals surface area contributed by atoms with Gasteiger partial charge in [0.05, 0.1) is 17.7 Å². The van der Waals surface area contributed by atoms with Crippen molar-refractivity contribution in [2.45, 2.75) is 12.6 Å². The fourth-order valence-corrected chi connectivity index (χ4v) is 4.54. The number of H-pyrrole nitrogens is 1. The Balaban J connectivity index is 1.39. The lowest BCUT2D eigenvalue weighted by atomic mass is 9.98. The quantitative estimate of drug-likeness (QED) is 0.160. The fourth-order valence-electron chi connectivity index (χ4n) is 4.54. The molecule has 3 amide bonds. The van der Waals surface area contributed by atoms with E-state index < -0.39 is 23.7 Å². The number of hydrogen-bond acceptors (Lipinski definition) is 3. The lowest BCUT2D eigenvalue weighted by Gasteiger charge is -2.16. The SMILES string of the molecule is NC(=O)Cc1cccc(-c2ccc(C(F)(F)F)cc2NC(=O)Nc2ccc(-c3cccc4c(O)[nH]cc34)cc2)c1. The molecule has 0 unspecified atom stereocenters. The molecule has 5 rings (SSSR count). The van der Waals surface area contributed by atoms with E-state index in [2.05, 4.69) is 15.6 Å². The van der Waals surface area contributed by atoms with Crippen LogP contribution >= 0.6 is 0 Å². The molecule has 0 atom stereocenters. The summed E-state index contributed by atoms with van der Waals surface area (Å²) in [7, 11) is 0. The molecule has 1 heterocycles. The Labute approximate surface area is 226 Å². The van der Waals surface area contributed by atoms with Crippen molar-refractivity contribution in [3.05, 3.63) is 102 Å². The summed E-state index contributed by atoms with van der Waals surface area (Å²) in [5, 5.41) is 16.6. The van der Waals surface area contributed by atoms with Gasteiger partial charge >= 0.3 is 12.2 Å². The molecule has 0 spiro atoms. The first-order valence-electron chi connectivity index (χ1n) is 12.1. The molecule has 0 fully saturated rings. The molecule has 4 aromatic carbocycles. The van der Waals surface area contributed by atoms with Gasteiger partial charge in [-0.15, -0.1) is 0 Å². The number of nitrogens with one attached hydrogen (secondary N) is 3. The number of halogens is 3. The maximum atomic E-state index is 13.5. The fraction of sp³-hybridized carbons (Fsp3) is 0.0667. The molecule has 0 saturated carbocycles. The molecule has 1 aromatic heterocycles. The molecule has 10 heteroatoms. The molecule has 0 aliphatic carbocycles. The van der Waals surface area contributed by atoms with Crippen molar-refractivity contribution in [1.29, 1.82) is 0 Å². The number of amides is 3. The van der Waals surface area contributed by atoms with Gasteiger partial charge in [0.1, 0.15) is 0 Å². The van der Waals surface area contributed by atoms with Gasteiger partial charge in [-0.25, -0.2) is 4.79 Å². The van der Waals surface area contributed by atoms with E-state index in [9.17, 15) is 27.9 Å². The van der Waals surface area contributed by atoms with Crippen LogP contribution in [0.1, 0.15) is 11.1 Å². The average Bonchev–Trinajstić information content (AvgIpc) is 3.29. The highest BCUT2D eigenvalue weighted by molar-refractivity contribution is 6.03. The molecule has 6 N–H and O–H groups in total. The summed E-state index contributed by atoms with van der Waals surface area (Å²) in [5.41, 5.74) is 7.87. The summed E-state index contributed by atoms with van der Waals surface area (Å²) in [6.07, 6.45) is -2.95. The van der Waals surface area contributed by atoms with Gasteiger partial charge in [-0.3, -0.25) is 4.79 Å². The number of nitrogens with two attached hydrogens (primary N) is 1. The highest BCUT2D eigenvalue weighted by atomic mass is 19.4. The standard InChI is InChI=1S/C30H23F3N4O3/c31-30(32,33)20-9-12-23(19-4-1-3-17(13-19)14-27(34)38)26(15-20)37-29(40)36-21-10-7-18(8-11-21)22-5-2-6-24-25(22)16-35-28(24)39/h1-13,15-16,35,39H,14H2,(H2,34,38)(H2,36,37,40). The van der Waals surface area contributed by atoms with E-state index in [4.69, 9.17) is 5.73 Å². The van der Waals surface area contributed by atoms with E-state index in [-0.39, 0.29) is 18.0 Å². The van der Waals surface area contributed by atoms with Crippen molar-refractivity contribution in [3.8, 4) is 28.1 Å². The van der Waals surface area contributed by atoms with Crippen LogP contribution in [-0.4, -0.2) is 22.0 Å². The van der Waals surface area contributed by atoms with Crippen LogP contribution in [0.5, 0.6) is 5.88 Å². The first-order chi connectivity index (χ1) is 19.1. The second-order valence-electron chi connectivity index (χ2n) is 9.16. The number of anilines is 2. The van der Waals surface area contributed by atoms with Crippen molar-refractivity contribution in [3.63, 3.8) is 0 Å². The summed E-state index contributed by atoms with van der Waals surface area (Å²) in [6.45, 7) is 0. The van der Waals surface area contributed by atoms with Crippen LogP contribution < -0.4 is 16.4 Å². The monoisotopic (exact) mass is 544 g/mol. The van der Waals surface area contributed by atoms with Gasteiger partial charge in [0.25, 0.3) is 0 Å². The minimum Gasteiger partial charge on any atom is -0.494 e. The topological polar surface area (TPSA) is 120 Å². The van der Waals surface area contributed by atoms with Crippen LogP contribution in [-0.2, 0) is 17.4 Å². The van der Waals surface area contributed by atoms with Gasteiger partial charge in [0, 0.05) is 28.2 Å². The molecule has 0 radical (unpaired) electrons. The van der Waals surface area contributed by atoms with E-state index in [1.165, 1.54) is 6.07 Å². The largest absolute Gasteiger partial charge is 0.494 e. The Morgan fingerprint density at radius 1 is 0.825 bits per heavy atom. The Bertz CT molecular complexity index is 1730. The molecule has 5 aromatic rings. The van der Waals surface area contributed by atoms with E-state index in [1.54, 1.807) is 60.8 Å². The second kappa shape index (κ2) is 10.5. The Kier molecular flexibility index (Phi) is 6.91. The summed E-state index contributed by atoms with van der Waals surface area (Å²) in [4.78, 5) is 27.0. The molecule has 40 heavy (non-hydrogen) atoms. The number of primary amides is 1. The number of aromatic hydroxyl groups is 1. The van der Waals surface area contributed by atoms with Crippen LogP contribution in [0.25, 0.3) is 33.0 Å². The van der Waals surface area contributed by atoms with Crippen molar-refractivity contribution >= 4 is 34.1 Å². The van der Waals surface area contributed by atoms with Gasteiger partial charge in [-0.2, -0.15) is 13.2 Å². The lowest BCUT2D eigenvalue weighted by molar-refractivity contribution is -0.137. The minimum absolute atomic E-state index is 0.0343. The smallest absolute Gasteiger partial charge is 0.416 e. The molecule has 0 aliphatic heterocycles. The molecular formula is C30H23F3N4O3. The zero-order chi connectivity index (χ0) is 28.4. The summed E-state index contributed by atoms with van der Waals surface area (Å²) in [5.74, 6) is -0.475. The maximum Gasteiger partial charge on any atom is 0.416 e. The zero-order valence-corrected chi connectivity index (χ0v) is 20.8. The van der Waals surface area contributed by atoms with Gasteiger partial charge < -0.3 is 26.5 Å². The number of urea groups is 1. The van der Waals surface area contributed by atoms with Gasteiger partial charge in [-0.05, 0) is 52.6 Å². The average molecular weight is 545 g/mol. The molecule has 0 aliphatic rings. The molecule has 7 nitrogen and oxygen atoms in total. The first kappa shape index (κ1) is 26.4. The predicted molar refractivity (Wildman–Crippen MR) is 148 cm³/mol. The van der Waals surface area contributed by atoms with Crippen LogP contribution in [0.15, 0.2) is 91.1 Å². The van der Waals surface area contributed by atoms with Crippen molar-refractivity contribution in [2.75, 3.05) is 10.6 Å². The number of alkyl halides is 3. The third-order valence-electron chi connectivity index (χ3n) is 6.38. The van der Waals surface area contributed by atoms with E-state index in [0.29, 0.717) is 27.8 Å². The minimum atomic E-state index is -4.62. The third-order valence-corrected chi connectivity index (χ3v) is 6.38. The van der Waals surface area contributed by atoms with Crippen molar-refractivity contribution in [2.24, 2.45) is 5.73 Å². The normalized spacial score (nSPS) is 11.4. The number of aromatic amines is 1.